The molecule has 3 rings (SSSR count). The highest BCUT2D eigenvalue weighted by Crippen LogP contribution is 2.50. The standard InChI is InChI=1S/C20H18ClF3N2O2S/c1-25-16(12-8-10-14(21)11-9-12)15(17(27)13-6-4-3-5-7-13)19(28,20(22,23)24)26(2)18(25)29/h3-11,15-16,28H,1-2H3/t15-,16-,19-/m1/s1. The van der Waals surface area contributed by atoms with Crippen molar-refractivity contribution in [1.29, 1.82) is 0 Å². The molecule has 0 bridgehead atoms. The van der Waals surface area contributed by atoms with Crippen molar-refractivity contribution in [2.45, 2.75) is 17.9 Å². The van der Waals surface area contributed by atoms with E-state index in [0.717, 1.165) is 7.05 Å². The molecule has 3 atom stereocenters. The molecule has 154 valence electrons. The topological polar surface area (TPSA) is 43.8 Å². The molecule has 1 aliphatic heterocycles. The van der Waals surface area contributed by atoms with Gasteiger partial charge in [-0.1, -0.05) is 54.1 Å². The van der Waals surface area contributed by atoms with Crippen LogP contribution in [0.4, 0.5) is 13.2 Å². The second kappa shape index (κ2) is 7.59. The Morgan fingerprint density at radius 2 is 1.66 bits per heavy atom. The summed E-state index contributed by atoms with van der Waals surface area (Å²) >= 11 is 11.1. The summed E-state index contributed by atoms with van der Waals surface area (Å²) in [5, 5.41) is 11.1. The average molecular weight is 443 g/mol. The summed E-state index contributed by atoms with van der Waals surface area (Å²) in [5.41, 5.74) is -3.05. The summed E-state index contributed by atoms with van der Waals surface area (Å²) in [4.78, 5) is 15.3. The zero-order valence-electron chi connectivity index (χ0n) is 15.5. The van der Waals surface area contributed by atoms with E-state index in [-0.39, 0.29) is 10.7 Å². The molecule has 0 spiro atoms. The van der Waals surface area contributed by atoms with Gasteiger partial charge in [-0.2, -0.15) is 13.2 Å². The SMILES string of the molecule is CN1C(=S)N(C)[C@](O)(C(F)(F)F)[C@@H](C(=O)c2ccccc2)[C@H]1c1ccc(Cl)cc1. The van der Waals surface area contributed by atoms with Gasteiger partial charge in [-0.3, -0.25) is 4.79 Å². The van der Waals surface area contributed by atoms with Crippen LogP contribution in [0.1, 0.15) is 22.0 Å². The molecule has 0 saturated carbocycles. The van der Waals surface area contributed by atoms with Gasteiger partial charge in [0.2, 0.25) is 0 Å². The first-order valence-electron chi connectivity index (χ1n) is 8.64. The third-order valence-electron chi connectivity index (χ3n) is 5.24. The molecule has 1 heterocycles. The van der Waals surface area contributed by atoms with E-state index >= 15 is 0 Å². The minimum absolute atomic E-state index is 0.0637. The number of nitrogens with zero attached hydrogens (tertiary/aromatic N) is 2. The fourth-order valence-electron chi connectivity index (χ4n) is 3.70. The maximum Gasteiger partial charge on any atom is 0.437 e. The molecule has 2 aromatic carbocycles. The Morgan fingerprint density at radius 1 is 1.10 bits per heavy atom. The Kier molecular flexibility index (Phi) is 5.64. The Morgan fingerprint density at radius 3 is 2.17 bits per heavy atom. The lowest BCUT2D eigenvalue weighted by Crippen LogP contribution is -2.72. The van der Waals surface area contributed by atoms with E-state index in [1.54, 1.807) is 18.2 Å². The van der Waals surface area contributed by atoms with Crippen LogP contribution in [0.5, 0.6) is 0 Å². The molecule has 0 amide bonds. The molecule has 0 radical (unpaired) electrons. The Bertz CT molecular complexity index is 924. The van der Waals surface area contributed by atoms with Crippen molar-refractivity contribution in [1.82, 2.24) is 9.80 Å². The summed E-state index contributed by atoms with van der Waals surface area (Å²) in [6.07, 6.45) is -5.15. The van der Waals surface area contributed by atoms with Crippen molar-refractivity contribution in [3.05, 3.63) is 70.7 Å². The highest BCUT2D eigenvalue weighted by Gasteiger charge is 2.69. The van der Waals surface area contributed by atoms with Gasteiger partial charge in [-0.05, 0) is 29.9 Å². The second-order valence-electron chi connectivity index (χ2n) is 6.88. The number of carbonyl (C=O) groups excluding carboxylic acids is 1. The lowest BCUT2D eigenvalue weighted by Gasteiger charge is -2.54. The van der Waals surface area contributed by atoms with Crippen LogP contribution in [0.2, 0.25) is 5.02 Å². The van der Waals surface area contributed by atoms with Crippen molar-refractivity contribution in [3.8, 4) is 0 Å². The number of thiocarbonyl (C=S) groups is 1. The number of hydrogen-bond donors (Lipinski definition) is 1. The molecule has 1 saturated heterocycles. The van der Waals surface area contributed by atoms with Crippen LogP contribution in [0.15, 0.2) is 54.6 Å². The molecule has 1 fully saturated rings. The van der Waals surface area contributed by atoms with Crippen LogP contribution in [0.3, 0.4) is 0 Å². The van der Waals surface area contributed by atoms with Crippen molar-refractivity contribution in [3.63, 3.8) is 0 Å². The van der Waals surface area contributed by atoms with Crippen molar-refractivity contribution in [2.75, 3.05) is 14.1 Å². The van der Waals surface area contributed by atoms with Crippen LogP contribution in [0.25, 0.3) is 0 Å². The summed E-state index contributed by atoms with van der Waals surface area (Å²) in [6.45, 7) is 0. The summed E-state index contributed by atoms with van der Waals surface area (Å²) < 4.78 is 42.6. The van der Waals surface area contributed by atoms with Crippen molar-refractivity contribution in [2.24, 2.45) is 5.92 Å². The lowest BCUT2D eigenvalue weighted by atomic mass is 9.76. The number of benzene rings is 2. The van der Waals surface area contributed by atoms with E-state index in [2.05, 4.69) is 0 Å². The maximum atomic E-state index is 14.2. The van der Waals surface area contributed by atoms with Gasteiger partial charge in [0.05, 0.1) is 6.04 Å². The van der Waals surface area contributed by atoms with Gasteiger partial charge in [0.25, 0.3) is 5.72 Å². The molecule has 1 N–H and O–H groups in total. The molecule has 0 aromatic heterocycles. The van der Waals surface area contributed by atoms with Gasteiger partial charge in [0.1, 0.15) is 5.92 Å². The minimum atomic E-state index is -5.15. The number of ketones is 1. The highest BCUT2D eigenvalue weighted by molar-refractivity contribution is 7.80. The van der Waals surface area contributed by atoms with Gasteiger partial charge in [-0.25, -0.2) is 0 Å². The molecule has 1 aliphatic rings. The average Bonchev–Trinajstić information content (AvgIpc) is 2.69. The molecular formula is C20H18ClF3N2O2S. The van der Waals surface area contributed by atoms with Crippen LogP contribution < -0.4 is 0 Å². The first-order chi connectivity index (χ1) is 13.5. The third-order valence-corrected chi connectivity index (χ3v) is 6.05. The fourth-order valence-corrected chi connectivity index (χ4v) is 4.08. The van der Waals surface area contributed by atoms with E-state index in [9.17, 15) is 23.1 Å². The smallest absolute Gasteiger partial charge is 0.363 e. The number of rotatable bonds is 3. The monoisotopic (exact) mass is 442 g/mol. The third kappa shape index (κ3) is 3.49. The van der Waals surface area contributed by atoms with Crippen LogP contribution in [0, 0.1) is 5.92 Å². The zero-order valence-corrected chi connectivity index (χ0v) is 17.1. The van der Waals surface area contributed by atoms with Gasteiger partial charge in [0, 0.05) is 24.7 Å². The number of carbonyl (C=O) groups is 1. The van der Waals surface area contributed by atoms with Crippen molar-refractivity contribution >= 4 is 34.7 Å². The summed E-state index contributed by atoms with van der Waals surface area (Å²) in [5.74, 6) is -2.74. The van der Waals surface area contributed by atoms with E-state index in [1.165, 1.54) is 48.3 Å². The quantitative estimate of drug-likeness (QED) is 0.567. The summed E-state index contributed by atoms with van der Waals surface area (Å²) in [6, 6.07) is 12.5. The van der Waals surface area contributed by atoms with E-state index in [0.29, 0.717) is 15.5 Å². The molecule has 2 aromatic rings. The summed E-state index contributed by atoms with van der Waals surface area (Å²) in [7, 11) is 2.54. The molecule has 4 nitrogen and oxygen atoms in total. The van der Waals surface area contributed by atoms with E-state index < -0.39 is 29.6 Å². The van der Waals surface area contributed by atoms with Gasteiger partial charge in [0.15, 0.2) is 10.9 Å². The predicted molar refractivity (Wildman–Crippen MR) is 108 cm³/mol. The highest BCUT2D eigenvalue weighted by atomic mass is 35.5. The fraction of sp³-hybridized carbons (Fsp3) is 0.300. The molecule has 9 heteroatoms. The molecular weight excluding hydrogens is 425 g/mol. The molecule has 0 unspecified atom stereocenters. The lowest BCUT2D eigenvalue weighted by molar-refractivity contribution is -0.324. The first kappa shape index (κ1) is 21.5. The number of halogens is 4. The molecule has 0 aliphatic carbocycles. The number of hydrogen-bond acceptors (Lipinski definition) is 3. The van der Waals surface area contributed by atoms with Crippen molar-refractivity contribution < 1.29 is 23.1 Å². The van der Waals surface area contributed by atoms with Gasteiger partial charge in [-0.15, -0.1) is 0 Å². The predicted octanol–water partition coefficient (Wildman–Crippen LogP) is 4.29. The van der Waals surface area contributed by atoms with Gasteiger partial charge >= 0.3 is 6.18 Å². The number of Topliss-reactive ketones (excluding diaryl/α,β-unsaturated/α-hetero) is 1. The first-order valence-corrected chi connectivity index (χ1v) is 9.43. The Labute approximate surface area is 176 Å². The zero-order chi connectivity index (χ0) is 21.6. The molecule has 29 heavy (non-hydrogen) atoms. The van der Waals surface area contributed by atoms with Gasteiger partial charge < -0.3 is 14.9 Å². The Hall–Kier alpha value is -2.16. The van der Waals surface area contributed by atoms with E-state index in [1.807, 2.05) is 0 Å². The van der Waals surface area contributed by atoms with Crippen LogP contribution >= 0.6 is 23.8 Å². The minimum Gasteiger partial charge on any atom is -0.363 e. The normalized spacial score (nSPS) is 25.3. The number of alkyl halides is 3. The Balaban J connectivity index is 2.26. The van der Waals surface area contributed by atoms with Crippen LogP contribution in [-0.2, 0) is 0 Å². The second-order valence-corrected chi connectivity index (χ2v) is 7.68. The number of aliphatic hydroxyl groups is 1. The van der Waals surface area contributed by atoms with Crippen LogP contribution in [-0.4, -0.2) is 51.8 Å². The largest absolute Gasteiger partial charge is 0.437 e. The maximum absolute atomic E-state index is 14.2. The van der Waals surface area contributed by atoms with E-state index in [4.69, 9.17) is 23.8 Å².